The topological polar surface area (TPSA) is 49.6 Å². The number of alkyl halides is 1. The van der Waals surface area contributed by atoms with Crippen LogP contribution in [-0.4, -0.2) is 39.9 Å². The summed E-state index contributed by atoms with van der Waals surface area (Å²) in [6, 6.07) is 10.6. The van der Waals surface area contributed by atoms with Gasteiger partial charge in [-0.15, -0.1) is 0 Å². The monoisotopic (exact) mass is 389 g/mol. The van der Waals surface area contributed by atoms with Crippen molar-refractivity contribution in [1.82, 2.24) is 9.80 Å². The number of nitro groups is 1. The number of piperidine rings is 1. The Labute approximate surface area is 166 Å². The third-order valence-electron chi connectivity index (χ3n) is 5.83. The number of halogens is 1. The van der Waals surface area contributed by atoms with Gasteiger partial charge in [-0.25, -0.2) is 0 Å². The Kier molecular flexibility index (Phi) is 6.55. The van der Waals surface area contributed by atoms with Crippen molar-refractivity contribution in [3.8, 4) is 0 Å². The van der Waals surface area contributed by atoms with Gasteiger partial charge in [-0.05, 0) is 63.3 Å². The van der Waals surface area contributed by atoms with Gasteiger partial charge in [0.15, 0.2) is 5.50 Å². The molecule has 2 heterocycles. The van der Waals surface area contributed by atoms with Crippen molar-refractivity contribution in [3.05, 3.63) is 69.1 Å². The molecule has 0 saturated carbocycles. The highest BCUT2D eigenvalue weighted by Crippen LogP contribution is 2.31. The van der Waals surface area contributed by atoms with Crippen LogP contribution >= 0.6 is 11.6 Å². The Balaban J connectivity index is 1.50. The van der Waals surface area contributed by atoms with Crippen LogP contribution in [0.4, 0.5) is 0 Å². The van der Waals surface area contributed by atoms with Gasteiger partial charge in [-0.1, -0.05) is 41.9 Å². The molecule has 2 aliphatic rings. The molecule has 5 nitrogen and oxygen atoms in total. The quantitative estimate of drug-likeness (QED) is 0.308. The smallest absolute Gasteiger partial charge is 0.284 e. The van der Waals surface area contributed by atoms with E-state index in [1.54, 1.807) is 6.08 Å². The lowest BCUT2D eigenvalue weighted by molar-refractivity contribution is -0.430. The average molecular weight is 390 g/mol. The van der Waals surface area contributed by atoms with Gasteiger partial charge in [0.05, 0.1) is 4.92 Å². The second-order valence-electron chi connectivity index (χ2n) is 7.62. The molecule has 0 aromatic heterocycles. The molecule has 0 N–H and O–H groups in total. The molecule has 1 unspecified atom stereocenters. The van der Waals surface area contributed by atoms with Crippen LogP contribution in [0, 0.1) is 16.0 Å². The van der Waals surface area contributed by atoms with E-state index < -0.39 is 5.50 Å². The third-order valence-corrected chi connectivity index (χ3v) is 6.29. The van der Waals surface area contributed by atoms with E-state index in [9.17, 15) is 10.1 Å². The lowest BCUT2D eigenvalue weighted by Gasteiger charge is -2.36. The minimum Gasteiger partial charge on any atom is -0.350 e. The van der Waals surface area contributed by atoms with E-state index in [1.165, 1.54) is 18.4 Å². The zero-order valence-electron chi connectivity index (χ0n) is 16.1. The first-order valence-corrected chi connectivity index (χ1v) is 10.1. The van der Waals surface area contributed by atoms with Gasteiger partial charge < -0.3 is 4.90 Å². The molecule has 6 heteroatoms. The Morgan fingerprint density at radius 3 is 2.48 bits per heavy atom. The van der Waals surface area contributed by atoms with Gasteiger partial charge in [0.1, 0.15) is 0 Å². The van der Waals surface area contributed by atoms with Crippen LogP contribution in [0.25, 0.3) is 0 Å². The minimum atomic E-state index is -0.679. The fourth-order valence-electron chi connectivity index (χ4n) is 3.97. The predicted octanol–water partition coefficient (Wildman–Crippen LogP) is 4.62. The maximum Gasteiger partial charge on any atom is 0.284 e. The van der Waals surface area contributed by atoms with Crippen molar-refractivity contribution in [3.63, 3.8) is 0 Å². The second kappa shape index (κ2) is 8.89. The van der Waals surface area contributed by atoms with E-state index in [0.29, 0.717) is 5.92 Å². The number of allylic oxidation sites excluding steroid dienone is 3. The molecular formula is C21H28ClN3O2. The molecule has 1 aromatic carbocycles. The number of hydrogen-bond acceptors (Lipinski definition) is 4. The number of hydrogen-bond donors (Lipinski definition) is 0. The van der Waals surface area contributed by atoms with Gasteiger partial charge in [-0.2, -0.15) is 0 Å². The van der Waals surface area contributed by atoms with E-state index in [4.69, 9.17) is 11.6 Å². The van der Waals surface area contributed by atoms with E-state index in [2.05, 4.69) is 35.2 Å². The molecule has 2 aliphatic heterocycles. The van der Waals surface area contributed by atoms with Crippen LogP contribution in [0.3, 0.4) is 0 Å². The molecule has 0 radical (unpaired) electrons. The molecule has 1 atom stereocenters. The summed E-state index contributed by atoms with van der Waals surface area (Å²) >= 11 is 6.41. The Morgan fingerprint density at radius 1 is 1.19 bits per heavy atom. The first kappa shape index (κ1) is 19.9. The fourth-order valence-corrected chi connectivity index (χ4v) is 4.36. The van der Waals surface area contributed by atoms with Crippen LogP contribution in [-0.2, 0) is 6.54 Å². The first-order valence-electron chi connectivity index (χ1n) is 9.66. The van der Waals surface area contributed by atoms with Crippen molar-refractivity contribution in [2.45, 2.75) is 45.2 Å². The summed E-state index contributed by atoms with van der Waals surface area (Å²) in [5.74, 6) is 0.652. The van der Waals surface area contributed by atoms with Crippen LogP contribution in [0.15, 0.2) is 53.4 Å². The Bertz CT molecular complexity index is 724. The van der Waals surface area contributed by atoms with Crippen molar-refractivity contribution in [2.24, 2.45) is 5.92 Å². The predicted molar refractivity (Wildman–Crippen MR) is 109 cm³/mol. The number of benzene rings is 1. The lowest BCUT2D eigenvalue weighted by Crippen LogP contribution is -2.39. The van der Waals surface area contributed by atoms with E-state index in [0.717, 1.165) is 43.9 Å². The van der Waals surface area contributed by atoms with Gasteiger partial charge in [0.2, 0.25) is 0 Å². The van der Waals surface area contributed by atoms with Gasteiger partial charge in [0, 0.05) is 24.9 Å². The number of nitrogens with zero attached hydrogens (tertiary/aromatic N) is 3. The van der Waals surface area contributed by atoms with Crippen LogP contribution in [0.1, 0.15) is 38.7 Å². The third kappa shape index (κ3) is 4.90. The molecule has 0 spiro atoms. The summed E-state index contributed by atoms with van der Waals surface area (Å²) in [6.45, 7) is 7.92. The summed E-state index contributed by atoms with van der Waals surface area (Å²) in [5, 5.41) is 11.3. The molecule has 0 aliphatic carbocycles. The molecule has 1 aromatic rings. The van der Waals surface area contributed by atoms with Crippen LogP contribution in [0.2, 0.25) is 0 Å². The zero-order chi connectivity index (χ0) is 19.4. The normalized spacial score (nSPS) is 22.1. The highest BCUT2D eigenvalue weighted by Gasteiger charge is 2.33. The van der Waals surface area contributed by atoms with Crippen molar-refractivity contribution >= 4 is 11.6 Å². The number of likely N-dealkylation sites (tertiary alicyclic amines) is 1. The molecular weight excluding hydrogens is 362 g/mol. The minimum absolute atomic E-state index is 0.0810. The molecule has 3 rings (SSSR count). The Hall–Kier alpha value is -1.85. The summed E-state index contributed by atoms with van der Waals surface area (Å²) in [7, 11) is 0. The van der Waals surface area contributed by atoms with Crippen molar-refractivity contribution in [2.75, 3.05) is 19.6 Å². The first-order chi connectivity index (χ1) is 13.0. The number of rotatable bonds is 6. The summed E-state index contributed by atoms with van der Waals surface area (Å²) in [5.41, 5.74) is 2.74. The molecule has 1 saturated heterocycles. The van der Waals surface area contributed by atoms with E-state index in [1.807, 2.05) is 18.7 Å². The second-order valence-corrected chi connectivity index (χ2v) is 8.03. The molecule has 0 amide bonds. The van der Waals surface area contributed by atoms with Gasteiger partial charge in [0.25, 0.3) is 5.70 Å². The molecule has 1 fully saturated rings. The lowest BCUT2D eigenvalue weighted by atomic mass is 9.92. The van der Waals surface area contributed by atoms with Gasteiger partial charge in [-0.3, -0.25) is 15.0 Å². The summed E-state index contributed by atoms with van der Waals surface area (Å²) in [4.78, 5) is 15.4. The maximum absolute atomic E-state index is 11.3. The molecule has 0 bridgehead atoms. The van der Waals surface area contributed by atoms with Crippen LogP contribution < -0.4 is 0 Å². The van der Waals surface area contributed by atoms with Crippen molar-refractivity contribution in [1.29, 1.82) is 0 Å². The van der Waals surface area contributed by atoms with E-state index >= 15 is 0 Å². The average Bonchev–Trinajstić information content (AvgIpc) is 2.66. The molecule has 146 valence electrons. The fraction of sp³-hybridized carbons (Fsp3) is 0.524. The summed E-state index contributed by atoms with van der Waals surface area (Å²) < 4.78 is 0. The SMILES string of the molecule is CC1=C(C)N(CCC2CCN(Cc3ccccc3)CC2)C(Cl)C([N+](=O)[O-])=C1. The van der Waals surface area contributed by atoms with Crippen molar-refractivity contribution < 1.29 is 4.92 Å². The highest BCUT2D eigenvalue weighted by molar-refractivity contribution is 6.22. The zero-order valence-corrected chi connectivity index (χ0v) is 16.9. The standard InChI is InChI=1S/C21H28ClN3O2/c1-16-14-20(25(26)27)21(22)24(17(16)2)13-10-18-8-11-23(12-9-18)15-19-6-4-3-5-7-19/h3-7,14,18,21H,8-13,15H2,1-2H3. The van der Waals surface area contributed by atoms with Gasteiger partial charge >= 0.3 is 0 Å². The van der Waals surface area contributed by atoms with Crippen LogP contribution in [0.5, 0.6) is 0 Å². The largest absolute Gasteiger partial charge is 0.350 e. The highest BCUT2D eigenvalue weighted by atomic mass is 35.5. The maximum atomic E-state index is 11.3. The Morgan fingerprint density at radius 2 is 1.85 bits per heavy atom. The molecule has 27 heavy (non-hydrogen) atoms. The van der Waals surface area contributed by atoms with E-state index in [-0.39, 0.29) is 10.6 Å². The summed E-state index contributed by atoms with van der Waals surface area (Å²) in [6.07, 6.45) is 4.98.